The lowest BCUT2D eigenvalue weighted by Gasteiger charge is -2.20. The van der Waals surface area contributed by atoms with E-state index in [0.717, 1.165) is 18.8 Å². The molecule has 0 unspecified atom stereocenters. The lowest BCUT2D eigenvalue weighted by molar-refractivity contribution is 0.424. The monoisotopic (exact) mass is 303 g/mol. The van der Waals surface area contributed by atoms with Crippen molar-refractivity contribution in [1.82, 2.24) is 14.9 Å². The van der Waals surface area contributed by atoms with Crippen LogP contribution in [0.25, 0.3) is 0 Å². The van der Waals surface area contributed by atoms with Gasteiger partial charge in [0.1, 0.15) is 0 Å². The van der Waals surface area contributed by atoms with Crippen LogP contribution in [0.15, 0.2) is 41.7 Å². The van der Waals surface area contributed by atoms with Crippen molar-refractivity contribution in [3.05, 3.63) is 48.0 Å². The fraction of sp³-hybridized carbons (Fsp3) is 0.471. The quantitative estimate of drug-likeness (QED) is 0.815. The summed E-state index contributed by atoms with van der Waals surface area (Å²) in [4.78, 5) is 5.53. The first-order valence-corrected chi connectivity index (χ1v) is 8.42. The van der Waals surface area contributed by atoms with Crippen LogP contribution in [-0.4, -0.2) is 15.1 Å². The van der Waals surface area contributed by atoms with Crippen molar-refractivity contribution in [3.8, 4) is 0 Å². The summed E-state index contributed by atoms with van der Waals surface area (Å²) in [6.07, 6.45) is 3.86. The highest BCUT2D eigenvalue weighted by Gasteiger charge is 2.08. The maximum atomic E-state index is 4.22. The Labute approximate surface area is 132 Å². The molecular weight excluding hydrogens is 278 g/mol. The van der Waals surface area contributed by atoms with Gasteiger partial charge in [-0.15, -0.1) is 11.8 Å². The third-order valence-corrected chi connectivity index (χ3v) is 4.27. The fourth-order valence-corrected chi connectivity index (χ4v) is 2.99. The molecule has 0 saturated heterocycles. The Morgan fingerprint density at radius 3 is 2.81 bits per heavy atom. The van der Waals surface area contributed by atoms with E-state index in [-0.39, 0.29) is 5.54 Å². The van der Waals surface area contributed by atoms with Crippen LogP contribution in [0, 0.1) is 0 Å². The summed E-state index contributed by atoms with van der Waals surface area (Å²) in [7, 11) is 0. The number of aromatic nitrogens is 2. The predicted molar refractivity (Wildman–Crippen MR) is 90.5 cm³/mol. The van der Waals surface area contributed by atoms with Crippen molar-refractivity contribution in [3.63, 3.8) is 0 Å². The Bertz CT molecular complexity index is 569. The van der Waals surface area contributed by atoms with E-state index < -0.39 is 0 Å². The van der Waals surface area contributed by atoms with Crippen LogP contribution in [-0.2, 0) is 18.8 Å². The van der Waals surface area contributed by atoms with Gasteiger partial charge in [0.15, 0.2) is 0 Å². The summed E-state index contributed by atoms with van der Waals surface area (Å²) >= 11 is 1.87. The molecule has 0 bridgehead atoms. The fourth-order valence-electron chi connectivity index (χ4n) is 2.02. The Morgan fingerprint density at radius 2 is 2.10 bits per heavy atom. The Hall–Kier alpha value is -1.26. The number of nitrogens with zero attached hydrogens (tertiary/aromatic N) is 2. The van der Waals surface area contributed by atoms with Crippen LogP contribution in [0.3, 0.4) is 0 Å². The van der Waals surface area contributed by atoms with Crippen LogP contribution in [0.1, 0.15) is 39.0 Å². The minimum atomic E-state index is 0.150. The molecule has 0 saturated carbocycles. The molecule has 0 spiro atoms. The van der Waals surface area contributed by atoms with Crippen LogP contribution >= 0.6 is 11.8 Å². The molecule has 0 aliphatic rings. The van der Waals surface area contributed by atoms with Crippen LogP contribution < -0.4 is 5.32 Å². The lowest BCUT2D eigenvalue weighted by atomic mass is 10.1. The number of hydrogen-bond acceptors (Lipinski definition) is 3. The average Bonchev–Trinajstić information content (AvgIpc) is 2.90. The summed E-state index contributed by atoms with van der Waals surface area (Å²) in [6.45, 7) is 10.6. The Balaban J connectivity index is 1.95. The summed E-state index contributed by atoms with van der Waals surface area (Å²) < 4.78 is 2.19. The summed E-state index contributed by atoms with van der Waals surface area (Å²) in [5.41, 5.74) is 2.76. The molecule has 1 aromatic heterocycles. The van der Waals surface area contributed by atoms with E-state index in [2.05, 4.69) is 66.8 Å². The predicted octanol–water partition coefficient (Wildman–Crippen LogP) is 4.08. The Kier molecular flexibility index (Phi) is 5.48. The van der Waals surface area contributed by atoms with Gasteiger partial charge in [0.2, 0.25) is 0 Å². The summed E-state index contributed by atoms with van der Waals surface area (Å²) in [6, 6.07) is 8.77. The molecule has 3 nitrogen and oxygen atoms in total. The van der Waals surface area contributed by atoms with E-state index in [0.29, 0.717) is 0 Å². The zero-order chi connectivity index (χ0) is 15.3. The second-order valence-corrected chi connectivity index (χ2v) is 7.26. The standard InChI is InChI=1S/C17H25N3S/c1-5-20-13-18-11-15(20)12-21-16-8-6-7-14(9-16)10-19-17(2,3)4/h6-9,11,13,19H,5,10,12H2,1-4H3. The second-order valence-electron chi connectivity index (χ2n) is 6.21. The lowest BCUT2D eigenvalue weighted by Crippen LogP contribution is -2.35. The van der Waals surface area contributed by atoms with Gasteiger partial charge in [-0.3, -0.25) is 0 Å². The first-order chi connectivity index (χ1) is 9.98. The van der Waals surface area contributed by atoms with Gasteiger partial charge in [0.25, 0.3) is 0 Å². The van der Waals surface area contributed by atoms with Crippen molar-refractivity contribution < 1.29 is 0 Å². The summed E-state index contributed by atoms with van der Waals surface area (Å²) in [5.74, 6) is 0.962. The maximum absolute atomic E-state index is 4.22. The van der Waals surface area contributed by atoms with Crippen molar-refractivity contribution in [2.24, 2.45) is 0 Å². The minimum absolute atomic E-state index is 0.150. The molecular formula is C17H25N3S. The highest BCUT2D eigenvalue weighted by atomic mass is 32.2. The first kappa shape index (κ1) is 16.1. The van der Waals surface area contributed by atoms with Gasteiger partial charge in [-0.2, -0.15) is 0 Å². The van der Waals surface area contributed by atoms with E-state index in [1.165, 1.54) is 16.2 Å². The maximum Gasteiger partial charge on any atom is 0.0948 e. The highest BCUT2D eigenvalue weighted by molar-refractivity contribution is 7.98. The third-order valence-electron chi connectivity index (χ3n) is 3.25. The number of hydrogen-bond donors (Lipinski definition) is 1. The number of rotatable bonds is 6. The number of aryl methyl sites for hydroxylation is 1. The molecule has 114 valence electrons. The molecule has 0 fully saturated rings. The van der Waals surface area contributed by atoms with Crippen molar-refractivity contribution in [2.45, 2.75) is 57.0 Å². The van der Waals surface area contributed by atoms with Gasteiger partial charge in [-0.1, -0.05) is 12.1 Å². The molecule has 0 atom stereocenters. The highest BCUT2D eigenvalue weighted by Crippen LogP contribution is 2.23. The normalized spacial score (nSPS) is 11.8. The number of thioether (sulfide) groups is 1. The molecule has 4 heteroatoms. The zero-order valence-corrected chi connectivity index (χ0v) is 14.2. The van der Waals surface area contributed by atoms with Gasteiger partial charge < -0.3 is 9.88 Å². The molecule has 2 aromatic rings. The number of imidazole rings is 1. The molecule has 2 rings (SSSR count). The smallest absolute Gasteiger partial charge is 0.0948 e. The van der Waals surface area contributed by atoms with E-state index in [1.807, 2.05) is 24.3 Å². The topological polar surface area (TPSA) is 29.9 Å². The molecule has 1 heterocycles. The molecule has 0 radical (unpaired) electrons. The molecule has 21 heavy (non-hydrogen) atoms. The average molecular weight is 303 g/mol. The van der Waals surface area contributed by atoms with Gasteiger partial charge >= 0.3 is 0 Å². The first-order valence-electron chi connectivity index (χ1n) is 7.44. The molecule has 1 N–H and O–H groups in total. The van der Waals surface area contributed by atoms with Crippen molar-refractivity contribution >= 4 is 11.8 Å². The van der Waals surface area contributed by atoms with Gasteiger partial charge in [-0.05, 0) is 45.4 Å². The van der Waals surface area contributed by atoms with Crippen molar-refractivity contribution in [2.75, 3.05) is 0 Å². The zero-order valence-electron chi connectivity index (χ0n) is 13.4. The van der Waals surface area contributed by atoms with Gasteiger partial charge in [0.05, 0.1) is 6.33 Å². The van der Waals surface area contributed by atoms with Crippen LogP contribution in [0.2, 0.25) is 0 Å². The molecule has 0 aliphatic heterocycles. The molecule has 0 aliphatic carbocycles. The summed E-state index contributed by atoms with van der Waals surface area (Å²) in [5, 5.41) is 3.53. The second kappa shape index (κ2) is 7.14. The Morgan fingerprint density at radius 1 is 1.29 bits per heavy atom. The van der Waals surface area contributed by atoms with E-state index in [1.54, 1.807) is 0 Å². The van der Waals surface area contributed by atoms with E-state index in [9.17, 15) is 0 Å². The molecule has 1 aromatic carbocycles. The number of benzene rings is 1. The largest absolute Gasteiger partial charge is 0.334 e. The van der Waals surface area contributed by atoms with Crippen LogP contribution in [0.4, 0.5) is 0 Å². The van der Waals surface area contributed by atoms with Gasteiger partial charge in [-0.25, -0.2) is 4.98 Å². The van der Waals surface area contributed by atoms with E-state index >= 15 is 0 Å². The third kappa shape index (κ3) is 5.21. The SMILES string of the molecule is CCn1cncc1CSc1cccc(CNC(C)(C)C)c1. The minimum Gasteiger partial charge on any atom is -0.334 e. The molecule has 0 amide bonds. The number of nitrogens with one attached hydrogen (secondary N) is 1. The van der Waals surface area contributed by atoms with Gasteiger partial charge in [0, 0.05) is 41.2 Å². The van der Waals surface area contributed by atoms with Crippen LogP contribution in [0.5, 0.6) is 0 Å². The van der Waals surface area contributed by atoms with E-state index in [4.69, 9.17) is 0 Å². The van der Waals surface area contributed by atoms with Crippen molar-refractivity contribution in [1.29, 1.82) is 0 Å².